The van der Waals surface area contributed by atoms with Gasteiger partial charge in [0.15, 0.2) is 0 Å². The molecule has 0 spiro atoms. The van der Waals surface area contributed by atoms with Gasteiger partial charge >= 0.3 is 0 Å². The van der Waals surface area contributed by atoms with Crippen LogP contribution in [0.4, 0.5) is 5.69 Å². The van der Waals surface area contributed by atoms with E-state index in [0.29, 0.717) is 0 Å². The monoisotopic (exact) mass is 371 g/mol. The number of imidazole rings is 1. The number of halogens is 2. The minimum absolute atomic E-state index is 0.735. The van der Waals surface area contributed by atoms with Crippen molar-refractivity contribution in [3.63, 3.8) is 0 Å². The molecule has 0 unspecified atom stereocenters. The molecule has 0 saturated carbocycles. The summed E-state index contributed by atoms with van der Waals surface area (Å²) in [4.78, 5) is 7.81. The lowest BCUT2D eigenvalue weighted by Crippen LogP contribution is -1.82. The van der Waals surface area contributed by atoms with E-state index in [4.69, 9.17) is 5.73 Å². The Morgan fingerprint density at radius 1 is 1.24 bits per heavy atom. The number of rotatable bonds is 1. The fourth-order valence-electron chi connectivity index (χ4n) is 1.66. The Morgan fingerprint density at radius 2 is 2.06 bits per heavy atom. The van der Waals surface area contributed by atoms with Gasteiger partial charge in [0, 0.05) is 11.3 Å². The van der Waals surface area contributed by atoms with E-state index in [0.717, 1.165) is 35.7 Å². The lowest BCUT2D eigenvalue weighted by Gasteiger charge is -1.91. The molecule has 0 atom stereocenters. The quantitative estimate of drug-likeness (QED) is 0.622. The summed E-state index contributed by atoms with van der Waals surface area (Å²) in [5.74, 6) is 0.847. The van der Waals surface area contributed by atoms with Gasteiger partial charge < -0.3 is 10.7 Å². The third kappa shape index (κ3) is 2.00. The Balaban J connectivity index is 2.21. The van der Waals surface area contributed by atoms with Crippen LogP contribution in [-0.4, -0.2) is 9.97 Å². The van der Waals surface area contributed by atoms with Gasteiger partial charge in [-0.25, -0.2) is 4.98 Å². The zero-order valence-electron chi connectivity index (χ0n) is 8.50. The topological polar surface area (TPSA) is 54.7 Å². The van der Waals surface area contributed by atoms with Crippen molar-refractivity contribution >= 4 is 59.9 Å². The second-order valence-electron chi connectivity index (χ2n) is 3.60. The van der Waals surface area contributed by atoms with Gasteiger partial charge in [-0.1, -0.05) is 0 Å². The highest BCUT2D eigenvalue weighted by atomic mass is 79.9. The Kier molecular flexibility index (Phi) is 2.72. The first-order chi connectivity index (χ1) is 8.13. The van der Waals surface area contributed by atoms with Crippen LogP contribution in [0.2, 0.25) is 0 Å². The van der Waals surface area contributed by atoms with Crippen molar-refractivity contribution in [3.8, 4) is 11.4 Å². The maximum Gasteiger partial charge on any atom is 0.140 e. The van der Waals surface area contributed by atoms with Crippen LogP contribution in [0.1, 0.15) is 0 Å². The Hall–Kier alpha value is -0.850. The van der Waals surface area contributed by atoms with E-state index in [9.17, 15) is 0 Å². The lowest BCUT2D eigenvalue weighted by atomic mass is 10.3. The molecule has 2 aromatic heterocycles. The average Bonchev–Trinajstić information content (AvgIpc) is 2.80. The van der Waals surface area contributed by atoms with Crippen molar-refractivity contribution in [3.05, 3.63) is 31.8 Å². The third-order valence-electron chi connectivity index (χ3n) is 2.42. The van der Waals surface area contributed by atoms with Crippen LogP contribution >= 0.6 is 43.2 Å². The second-order valence-corrected chi connectivity index (χ2v) is 7.35. The molecule has 0 saturated heterocycles. The first-order valence-electron chi connectivity index (χ1n) is 4.84. The number of H-pyrrole nitrogens is 1. The normalized spacial score (nSPS) is 11.2. The van der Waals surface area contributed by atoms with Crippen LogP contribution in [-0.2, 0) is 0 Å². The minimum Gasteiger partial charge on any atom is -0.399 e. The van der Waals surface area contributed by atoms with E-state index >= 15 is 0 Å². The maximum atomic E-state index is 5.74. The van der Waals surface area contributed by atoms with E-state index < -0.39 is 0 Å². The van der Waals surface area contributed by atoms with E-state index in [1.807, 2.05) is 24.3 Å². The van der Waals surface area contributed by atoms with E-state index in [2.05, 4.69) is 41.8 Å². The summed E-state index contributed by atoms with van der Waals surface area (Å²) in [5.41, 5.74) is 9.40. The minimum atomic E-state index is 0.735. The fraction of sp³-hybridized carbons (Fsp3) is 0. The summed E-state index contributed by atoms with van der Waals surface area (Å²) in [7, 11) is 0. The molecule has 0 radical (unpaired) electrons. The SMILES string of the molecule is Nc1ccc2nc(-c3cc(Br)sc3Br)[nH]c2c1. The predicted octanol–water partition coefficient (Wildman–Crippen LogP) is 4.40. The number of nitrogens with two attached hydrogens (primary N) is 1. The molecule has 3 nitrogen and oxygen atoms in total. The van der Waals surface area contributed by atoms with Crippen LogP contribution < -0.4 is 5.73 Å². The van der Waals surface area contributed by atoms with Crippen molar-refractivity contribution in [2.24, 2.45) is 0 Å². The van der Waals surface area contributed by atoms with Gasteiger partial charge in [-0.3, -0.25) is 0 Å². The molecular formula is C11H7Br2N3S. The van der Waals surface area contributed by atoms with Gasteiger partial charge in [0.25, 0.3) is 0 Å². The number of aromatic nitrogens is 2. The van der Waals surface area contributed by atoms with Crippen molar-refractivity contribution in [1.29, 1.82) is 0 Å². The average molecular weight is 373 g/mol. The standard InChI is InChI=1S/C11H7Br2N3S/c12-9-4-6(10(13)17-9)11-15-7-2-1-5(14)3-8(7)16-11/h1-4H,14H2,(H,15,16). The second kappa shape index (κ2) is 4.12. The fourth-order valence-corrected chi connectivity index (χ4v) is 4.46. The molecular weight excluding hydrogens is 366 g/mol. The molecule has 6 heteroatoms. The van der Waals surface area contributed by atoms with Gasteiger partial charge in [-0.05, 0) is 56.1 Å². The van der Waals surface area contributed by atoms with E-state index in [1.165, 1.54) is 0 Å². The van der Waals surface area contributed by atoms with E-state index in [-0.39, 0.29) is 0 Å². The number of nitrogens with zero attached hydrogens (tertiary/aromatic N) is 1. The Morgan fingerprint density at radius 3 is 2.76 bits per heavy atom. The van der Waals surface area contributed by atoms with Crippen LogP contribution in [0.25, 0.3) is 22.4 Å². The number of aromatic amines is 1. The van der Waals surface area contributed by atoms with Gasteiger partial charge in [-0.15, -0.1) is 11.3 Å². The third-order valence-corrected chi connectivity index (χ3v) is 4.76. The van der Waals surface area contributed by atoms with Crippen molar-refractivity contribution in [2.45, 2.75) is 0 Å². The molecule has 2 heterocycles. The highest BCUT2D eigenvalue weighted by Gasteiger charge is 2.11. The molecule has 0 aliphatic heterocycles. The number of hydrogen-bond acceptors (Lipinski definition) is 3. The van der Waals surface area contributed by atoms with Gasteiger partial charge in [0.05, 0.1) is 18.6 Å². The first kappa shape index (κ1) is 11.3. The van der Waals surface area contributed by atoms with Crippen molar-refractivity contribution in [2.75, 3.05) is 5.73 Å². The summed E-state index contributed by atoms with van der Waals surface area (Å²) in [6.45, 7) is 0. The van der Waals surface area contributed by atoms with Crippen LogP contribution in [0.15, 0.2) is 31.8 Å². The summed E-state index contributed by atoms with van der Waals surface area (Å²) >= 11 is 8.62. The van der Waals surface area contributed by atoms with Crippen LogP contribution in [0, 0.1) is 0 Å². The largest absolute Gasteiger partial charge is 0.399 e. The van der Waals surface area contributed by atoms with E-state index in [1.54, 1.807) is 11.3 Å². The molecule has 0 amide bonds. The van der Waals surface area contributed by atoms with Crippen molar-refractivity contribution in [1.82, 2.24) is 9.97 Å². The molecule has 86 valence electrons. The molecule has 3 aromatic rings. The smallest absolute Gasteiger partial charge is 0.140 e. The highest BCUT2D eigenvalue weighted by molar-refractivity contribution is 9.12. The molecule has 17 heavy (non-hydrogen) atoms. The maximum absolute atomic E-state index is 5.74. The lowest BCUT2D eigenvalue weighted by molar-refractivity contribution is 1.34. The number of nitrogen functional groups attached to an aromatic ring is 1. The molecule has 0 bridgehead atoms. The number of nitrogens with one attached hydrogen (secondary N) is 1. The molecule has 3 N–H and O–H groups in total. The van der Waals surface area contributed by atoms with Crippen LogP contribution in [0.5, 0.6) is 0 Å². The molecule has 0 aliphatic carbocycles. The van der Waals surface area contributed by atoms with Gasteiger partial charge in [0.2, 0.25) is 0 Å². The highest BCUT2D eigenvalue weighted by Crippen LogP contribution is 2.37. The number of anilines is 1. The van der Waals surface area contributed by atoms with Crippen LogP contribution in [0.3, 0.4) is 0 Å². The van der Waals surface area contributed by atoms with Gasteiger partial charge in [0.1, 0.15) is 5.82 Å². The first-order valence-corrected chi connectivity index (χ1v) is 7.24. The predicted molar refractivity (Wildman–Crippen MR) is 79.2 cm³/mol. The Bertz CT molecular complexity index is 702. The summed E-state index contributed by atoms with van der Waals surface area (Å²) in [6.07, 6.45) is 0. The van der Waals surface area contributed by atoms with Gasteiger partial charge in [-0.2, -0.15) is 0 Å². The number of fused-ring (bicyclic) bond motifs is 1. The molecule has 1 aromatic carbocycles. The summed E-state index contributed by atoms with van der Waals surface area (Å²) in [6, 6.07) is 7.70. The number of benzene rings is 1. The zero-order valence-corrected chi connectivity index (χ0v) is 12.5. The summed E-state index contributed by atoms with van der Waals surface area (Å²) in [5, 5.41) is 0. The number of thiophene rings is 1. The molecule has 0 aliphatic rings. The zero-order chi connectivity index (χ0) is 12.0. The molecule has 0 fully saturated rings. The Labute approximate surface area is 118 Å². The summed E-state index contributed by atoms with van der Waals surface area (Å²) < 4.78 is 2.12. The molecule has 3 rings (SSSR count). The van der Waals surface area contributed by atoms with Crippen molar-refractivity contribution < 1.29 is 0 Å². The number of hydrogen-bond donors (Lipinski definition) is 2.